The van der Waals surface area contributed by atoms with Gasteiger partial charge in [0, 0.05) is 26.2 Å². The number of rotatable bonds is 6. The number of aromatic nitrogens is 2. The maximum atomic E-state index is 12.5. The predicted molar refractivity (Wildman–Crippen MR) is 89.1 cm³/mol. The van der Waals surface area contributed by atoms with Crippen LogP contribution >= 0.6 is 0 Å². The molecule has 0 N–H and O–H groups in total. The molecule has 1 fully saturated rings. The van der Waals surface area contributed by atoms with Gasteiger partial charge in [0.15, 0.2) is 11.5 Å². The number of carbonyl (C=O) groups excluding carboxylic acids is 1. The summed E-state index contributed by atoms with van der Waals surface area (Å²) in [7, 11) is 0. The van der Waals surface area contributed by atoms with Crippen LogP contribution in [0.1, 0.15) is 56.9 Å². The van der Waals surface area contributed by atoms with Gasteiger partial charge in [-0.05, 0) is 43.7 Å². The van der Waals surface area contributed by atoms with Gasteiger partial charge < -0.3 is 9.80 Å². The van der Waals surface area contributed by atoms with Gasteiger partial charge in [-0.15, -0.1) is 10.2 Å². The maximum absolute atomic E-state index is 12.5. The third-order valence-corrected chi connectivity index (χ3v) is 4.12. The summed E-state index contributed by atoms with van der Waals surface area (Å²) in [6, 6.07) is 3.76. The highest BCUT2D eigenvalue weighted by Crippen LogP contribution is 2.20. The van der Waals surface area contributed by atoms with Gasteiger partial charge in [-0.1, -0.05) is 20.8 Å². The van der Waals surface area contributed by atoms with Crippen molar-refractivity contribution < 1.29 is 4.79 Å². The van der Waals surface area contributed by atoms with Crippen LogP contribution in [-0.2, 0) is 0 Å². The largest absolute Gasteiger partial charge is 0.355 e. The Bertz CT molecular complexity index is 468. The molecule has 22 heavy (non-hydrogen) atoms. The SMILES string of the molecule is CCCN(CCC)C(=O)c1ccc(N2CCCC(C)C2)nn1. The number of hydrogen-bond donors (Lipinski definition) is 0. The summed E-state index contributed by atoms with van der Waals surface area (Å²) in [6.45, 7) is 10.1. The lowest BCUT2D eigenvalue weighted by molar-refractivity contribution is 0.0748. The number of hydrogen-bond acceptors (Lipinski definition) is 4. The molecule has 2 rings (SSSR count). The molecule has 1 aromatic heterocycles. The van der Waals surface area contributed by atoms with E-state index in [-0.39, 0.29) is 5.91 Å². The molecule has 0 spiro atoms. The minimum Gasteiger partial charge on any atom is -0.355 e. The lowest BCUT2D eigenvalue weighted by atomic mass is 10.0. The zero-order valence-electron chi connectivity index (χ0n) is 14.1. The molecule has 0 radical (unpaired) electrons. The van der Waals surface area contributed by atoms with Crippen molar-refractivity contribution in [1.29, 1.82) is 0 Å². The summed E-state index contributed by atoms with van der Waals surface area (Å²) in [5.74, 6) is 1.58. The summed E-state index contributed by atoms with van der Waals surface area (Å²) in [5.41, 5.74) is 0.454. The molecule has 1 atom stereocenters. The highest BCUT2D eigenvalue weighted by molar-refractivity contribution is 5.92. The summed E-state index contributed by atoms with van der Waals surface area (Å²) >= 11 is 0. The molecule has 0 saturated carbocycles. The van der Waals surface area contributed by atoms with Gasteiger partial charge in [0.25, 0.3) is 5.91 Å². The van der Waals surface area contributed by atoms with Crippen LogP contribution in [0.4, 0.5) is 5.82 Å². The van der Waals surface area contributed by atoms with Crippen LogP contribution in [0.2, 0.25) is 0 Å². The van der Waals surface area contributed by atoms with E-state index in [0.717, 1.165) is 44.8 Å². The minimum atomic E-state index is -0.00485. The van der Waals surface area contributed by atoms with Crippen molar-refractivity contribution in [3.8, 4) is 0 Å². The first-order valence-electron chi connectivity index (χ1n) is 8.53. The number of nitrogens with zero attached hydrogens (tertiary/aromatic N) is 4. The van der Waals surface area contributed by atoms with Gasteiger partial charge in [0.2, 0.25) is 0 Å². The normalized spacial score (nSPS) is 18.3. The molecule has 0 aromatic carbocycles. The molecule has 1 amide bonds. The van der Waals surface area contributed by atoms with Gasteiger partial charge >= 0.3 is 0 Å². The molecule has 1 unspecified atom stereocenters. The fourth-order valence-corrected chi connectivity index (χ4v) is 3.02. The molecule has 5 heteroatoms. The fourth-order valence-electron chi connectivity index (χ4n) is 3.02. The summed E-state index contributed by atoms with van der Waals surface area (Å²) in [4.78, 5) is 16.6. The molecule has 0 bridgehead atoms. The molecule has 1 aromatic rings. The van der Waals surface area contributed by atoms with E-state index in [4.69, 9.17) is 0 Å². The highest BCUT2D eigenvalue weighted by atomic mass is 16.2. The monoisotopic (exact) mass is 304 g/mol. The molecule has 122 valence electrons. The van der Waals surface area contributed by atoms with E-state index in [9.17, 15) is 4.79 Å². The Morgan fingerprint density at radius 3 is 2.55 bits per heavy atom. The molecule has 5 nitrogen and oxygen atoms in total. The zero-order valence-corrected chi connectivity index (χ0v) is 14.1. The van der Waals surface area contributed by atoms with Crippen molar-refractivity contribution in [2.75, 3.05) is 31.1 Å². The number of amides is 1. The second-order valence-electron chi connectivity index (χ2n) is 6.26. The van der Waals surface area contributed by atoms with Crippen LogP contribution in [0.15, 0.2) is 12.1 Å². The maximum Gasteiger partial charge on any atom is 0.274 e. The van der Waals surface area contributed by atoms with Crippen molar-refractivity contribution in [2.24, 2.45) is 5.92 Å². The summed E-state index contributed by atoms with van der Waals surface area (Å²) in [6.07, 6.45) is 4.40. The first-order chi connectivity index (χ1) is 10.7. The first-order valence-corrected chi connectivity index (χ1v) is 8.53. The van der Waals surface area contributed by atoms with Gasteiger partial charge in [0.1, 0.15) is 0 Å². The van der Waals surface area contributed by atoms with Crippen molar-refractivity contribution in [3.63, 3.8) is 0 Å². The average Bonchev–Trinajstić information content (AvgIpc) is 2.54. The van der Waals surface area contributed by atoms with E-state index in [1.165, 1.54) is 12.8 Å². The Hall–Kier alpha value is -1.65. The van der Waals surface area contributed by atoms with Gasteiger partial charge in [-0.3, -0.25) is 4.79 Å². The van der Waals surface area contributed by atoms with E-state index in [1.807, 2.05) is 17.0 Å². The molecule has 1 saturated heterocycles. The lowest BCUT2D eigenvalue weighted by Gasteiger charge is -2.31. The second kappa shape index (κ2) is 8.11. The van der Waals surface area contributed by atoms with Crippen LogP contribution in [0.5, 0.6) is 0 Å². The summed E-state index contributed by atoms with van der Waals surface area (Å²) in [5, 5.41) is 8.47. The van der Waals surface area contributed by atoms with Crippen molar-refractivity contribution >= 4 is 11.7 Å². The smallest absolute Gasteiger partial charge is 0.274 e. The zero-order chi connectivity index (χ0) is 15.9. The third kappa shape index (κ3) is 4.18. The number of anilines is 1. The summed E-state index contributed by atoms with van der Waals surface area (Å²) < 4.78 is 0. The van der Waals surface area contributed by atoms with Crippen LogP contribution in [0, 0.1) is 5.92 Å². The van der Waals surface area contributed by atoms with E-state index in [1.54, 1.807) is 0 Å². The van der Waals surface area contributed by atoms with E-state index in [0.29, 0.717) is 11.6 Å². The number of carbonyl (C=O) groups is 1. The fraction of sp³-hybridized carbons (Fsp3) is 0.706. The van der Waals surface area contributed by atoms with E-state index >= 15 is 0 Å². The van der Waals surface area contributed by atoms with Gasteiger partial charge in [-0.2, -0.15) is 0 Å². The molecular formula is C17H28N4O. The third-order valence-electron chi connectivity index (χ3n) is 4.12. The van der Waals surface area contributed by atoms with Crippen LogP contribution in [-0.4, -0.2) is 47.2 Å². The van der Waals surface area contributed by atoms with Crippen LogP contribution in [0.3, 0.4) is 0 Å². The van der Waals surface area contributed by atoms with Crippen molar-refractivity contribution in [2.45, 2.75) is 46.5 Å². The molecule has 2 heterocycles. The predicted octanol–water partition coefficient (Wildman–Crippen LogP) is 2.98. The average molecular weight is 304 g/mol. The van der Waals surface area contributed by atoms with Crippen LogP contribution < -0.4 is 4.90 Å². The molecule has 0 aliphatic carbocycles. The van der Waals surface area contributed by atoms with E-state index in [2.05, 4.69) is 35.9 Å². The van der Waals surface area contributed by atoms with E-state index < -0.39 is 0 Å². The Labute approximate surface area is 133 Å². The first kappa shape index (κ1) is 16.7. The van der Waals surface area contributed by atoms with Crippen molar-refractivity contribution in [1.82, 2.24) is 15.1 Å². The number of piperidine rings is 1. The Morgan fingerprint density at radius 1 is 1.27 bits per heavy atom. The Morgan fingerprint density at radius 2 is 2.00 bits per heavy atom. The van der Waals surface area contributed by atoms with Crippen LogP contribution in [0.25, 0.3) is 0 Å². The molecule has 1 aliphatic rings. The second-order valence-corrected chi connectivity index (χ2v) is 6.26. The van der Waals surface area contributed by atoms with Gasteiger partial charge in [0.05, 0.1) is 0 Å². The van der Waals surface area contributed by atoms with Crippen molar-refractivity contribution in [3.05, 3.63) is 17.8 Å². The lowest BCUT2D eigenvalue weighted by Crippen LogP contribution is -2.35. The Kier molecular flexibility index (Phi) is 6.16. The Balaban J connectivity index is 2.05. The minimum absolute atomic E-state index is 0.00485. The molecular weight excluding hydrogens is 276 g/mol. The van der Waals surface area contributed by atoms with Gasteiger partial charge in [-0.25, -0.2) is 0 Å². The standard InChI is InChI=1S/C17H28N4O/c1-4-10-20(11-5-2)17(22)15-8-9-16(19-18-15)21-12-6-7-14(3)13-21/h8-9,14H,4-7,10-13H2,1-3H3. The highest BCUT2D eigenvalue weighted by Gasteiger charge is 2.20. The molecule has 1 aliphatic heterocycles. The topological polar surface area (TPSA) is 49.3 Å². The quantitative estimate of drug-likeness (QED) is 0.810.